The Bertz CT molecular complexity index is 2250. The van der Waals surface area contributed by atoms with Crippen molar-refractivity contribution in [2.75, 3.05) is 10.5 Å². The molecule has 6 rings (SSSR count). The Hall–Kier alpha value is -4.88. The van der Waals surface area contributed by atoms with Crippen LogP contribution in [0.3, 0.4) is 0 Å². The van der Waals surface area contributed by atoms with Gasteiger partial charge in [0.1, 0.15) is 22.9 Å². The first-order valence-corrected chi connectivity index (χ1v) is 16.5. The number of benzene rings is 4. The average Bonchev–Trinajstić information content (AvgIpc) is 2.96. The molecule has 2 N–H and O–H groups in total. The van der Waals surface area contributed by atoms with Crippen LogP contribution in [-0.2, 0) is 32.2 Å². The number of pyridine rings is 1. The number of sulfone groups is 1. The summed E-state index contributed by atoms with van der Waals surface area (Å²) in [5, 5.41) is 11.1. The lowest BCUT2D eigenvalue weighted by Crippen LogP contribution is -2.32. The van der Waals surface area contributed by atoms with Crippen LogP contribution < -0.4 is 10.3 Å². The third-order valence-corrected chi connectivity index (χ3v) is 10.0. The first-order chi connectivity index (χ1) is 20.9. The fourth-order valence-corrected chi connectivity index (χ4v) is 7.75. The van der Waals surface area contributed by atoms with E-state index >= 15 is 0 Å². The SMILES string of the molecule is O=c1c(C2=Nc3ccc(NS(=O)(=O)Cc4ccccc4)cc3S(=O)(=O)C2)c(O)c2cc(F)ccc2n1Cc1ccc(F)cc1. The second-order valence-corrected chi connectivity index (χ2v) is 13.9. The number of halogens is 2. The lowest BCUT2D eigenvalue weighted by molar-refractivity contribution is 0.477. The normalized spacial score (nSPS) is 14.2. The van der Waals surface area contributed by atoms with Gasteiger partial charge in [-0.25, -0.2) is 25.6 Å². The van der Waals surface area contributed by atoms with E-state index in [1.807, 2.05) is 0 Å². The molecule has 0 bridgehead atoms. The molecule has 1 aliphatic heterocycles. The Morgan fingerprint density at radius 3 is 2.32 bits per heavy atom. The van der Waals surface area contributed by atoms with Gasteiger partial charge < -0.3 is 9.67 Å². The van der Waals surface area contributed by atoms with Crippen LogP contribution in [0.4, 0.5) is 20.2 Å². The van der Waals surface area contributed by atoms with Crippen LogP contribution in [-0.4, -0.2) is 38.0 Å². The molecule has 0 aliphatic carbocycles. The van der Waals surface area contributed by atoms with Gasteiger partial charge in [-0.05, 0) is 59.7 Å². The number of aliphatic imine (C=N–C) groups is 1. The molecule has 5 aromatic rings. The van der Waals surface area contributed by atoms with Crippen molar-refractivity contribution in [3.63, 3.8) is 0 Å². The number of nitrogens with one attached hydrogen (secondary N) is 1. The summed E-state index contributed by atoms with van der Waals surface area (Å²) in [4.78, 5) is 17.9. The molecule has 0 unspecified atom stereocenters. The Balaban J connectivity index is 1.43. The molecule has 0 amide bonds. The molecular formula is C31H23F2N3O6S2. The maximum absolute atomic E-state index is 14.3. The molecule has 0 saturated heterocycles. The molecule has 2 heterocycles. The summed E-state index contributed by atoms with van der Waals surface area (Å²) >= 11 is 0. The van der Waals surface area contributed by atoms with Gasteiger partial charge in [0.2, 0.25) is 10.0 Å². The van der Waals surface area contributed by atoms with E-state index in [0.29, 0.717) is 11.1 Å². The molecular weight excluding hydrogens is 612 g/mol. The number of hydrogen-bond donors (Lipinski definition) is 2. The van der Waals surface area contributed by atoms with Crippen molar-refractivity contribution in [1.82, 2.24) is 4.57 Å². The number of rotatable bonds is 7. The number of anilines is 1. The molecule has 0 spiro atoms. The summed E-state index contributed by atoms with van der Waals surface area (Å²) in [5.41, 5.74) is -0.291. The highest BCUT2D eigenvalue weighted by Crippen LogP contribution is 2.36. The highest BCUT2D eigenvalue weighted by Gasteiger charge is 2.32. The first kappa shape index (κ1) is 29.2. The van der Waals surface area contributed by atoms with Crippen LogP contribution >= 0.6 is 0 Å². The van der Waals surface area contributed by atoms with Gasteiger partial charge in [-0.1, -0.05) is 42.5 Å². The predicted molar refractivity (Wildman–Crippen MR) is 163 cm³/mol. The van der Waals surface area contributed by atoms with Crippen molar-refractivity contribution >= 4 is 47.8 Å². The molecule has 13 heteroatoms. The van der Waals surface area contributed by atoms with E-state index in [1.165, 1.54) is 47.0 Å². The van der Waals surface area contributed by atoms with Crippen molar-refractivity contribution in [2.24, 2.45) is 4.99 Å². The fraction of sp³-hybridized carbons (Fsp3) is 0.0968. The van der Waals surface area contributed by atoms with E-state index in [4.69, 9.17) is 0 Å². The van der Waals surface area contributed by atoms with E-state index in [1.54, 1.807) is 30.3 Å². The van der Waals surface area contributed by atoms with Crippen LogP contribution in [0.2, 0.25) is 0 Å². The summed E-state index contributed by atoms with van der Waals surface area (Å²) < 4.78 is 83.8. The average molecular weight is 636 g/mol. The molecule has 44 heavy (non-hydrogen) atoms. The van der Waals surface area contributed by atoms with Gasteiger partial charge in [0.15, 0.2) is 9.84 Å². The maximum atomic E-state index is 14.3. The van der Waals surface area contributed by atoms with Crippen molar-refractivity contribution < 1.29 is 30.7 Å². The standard InChI is InChI=1S/C31H23F2N3O6S2/c32-21-8-6-19(7-9-21)16-36-27-13-10-22(33)14-24(27)30(37)29(31(36)38)26-18-43(39,40)28-15-23(11-12-25(28)34-26)35-44(41,42)17-20-4-2-1-3-5-20/h1-15,35,37H,16-18H2. The van der Waals surface area contributed by atoms with Crippen molar-refractivity contribution in [2.45, 2.75) is 17.2 Å². The molecule has 0 fully saturated rings. The highest BCUT2D eigenvalue weighted by molar-refractivity contribution is 7.92. The molecule has 0 saturated carbocycles. The lowest BCUT2D eigenvalue weighted by Gasteiger charge is -2.20. The summed E-state index contributed by atoms with van der Waals surface area (Å²) in [5.74, 6) is -2.93. The first-order valence-electron chi connectivity index (χ1n) is 13.2. The third kappa shape index (κ3) is 5.71. The van der Waals surface area contributed by atoms with Gasteiger partial charge >= 0.3 is 0 Å². The van der Waals surface area contributed by atoms with Gasteiger partial charge in [0.25, 0.3) is 5.56 Å². The van der Waals surface area contributed by atoms with Gasteiger partial charge in [-0.2, -0.15) is 0 Å². The largest absolute Gasteiger partial charge is 0.506 e. The second-order valence-electron chi connectivity index (χ2n) is 10.2. The Labute approximate surface area is 250 Å². The molecule has 0 atom stereocenters. The van der Waals surface area contributed by atoms with E-state index in [9.17, 15) is 35.5 Å². The summed E-state index contributed by atoms with van der Waals surface area (Å²) in [6.07, 6.45) is 0. The minimum Gasteiger partial charge on any atom is -0.506 e. The van der Waals surface area contributed by atoms with E-state index in [0.717, 1.165) is 18.2 Å². The van der Waals surface area contributed by atoms with Crippen LogP contribution in [0.1, 0.15) is 16.7 Å². The van der Waals surface area contributed by atoms with Crippen LogP contribution in [0.15, 0.2) is 106 Å². The monoisotopic (exact) mass is 635 g/mol. The third-order valence-electron chi connectivity index (χ3n) is 7.09. The molecule has 224 valence electrons. The number of hydrogen-bond acceptors (Lipinski definition) is 7. The van der Waals surface area contributed by atoms with E-state index < -0.39 is 54.1 Å². The zero-order chi connectivity index (χ0) is 31.2. The zero-order valence-corrected chi connectivity index (χ0v) is 24.4. The highest BCUT2D eigenvalue weighted by atomic mass is 32.2. The lowest BCUT2D eigenvalue weighted by atomic mass is 10.1. The smallest absolute Gasteiger partial charge is 0.264 e. The Kier molecular flexibility index (Phi) is 7.30. The number of fused-ring (bicyclic) bond motifs is 2. The van der Waals surface area contributed by atoms with Crippen LogP contribution in [0.5, 0.6) is 5.75 Å². The van der Waals surface area contributed by atoms with Crippen molar-refractivity contribution in [1.29, 1.82) is 0 Å². The van der Waals surface area contributed by atoms with Gasteiger partial charge in [0.05, 0.1) is 39.9 Å². The maximum Gasteiger partial charge on any atom is 0.264 e. The quantitative estimate of drug-likeness (QED) is 0.262. The molecule has 4 aromatic carbocycles. The van der Waals surface area contributed by atoms with Gasteiger partial charge in [-0.15, -0.1) is 0 Å². The zero-order valence-electron chi connectivity index (χ0n) is 22.7. The predicted octanol–water partition coefficient (Wildman–Crippen LogP) is 4.88. The number of aromatic nitrogens is 1. The molecule has 1 aromatic heterocycles. The van der Waals surface area contributed by atoms with Crippen molar-refractivity contribution in [3.05, 3.63) is 130 Å². The van der Waals surface area contributed by atoms with Crippen LogP contribution in [0.25, 0.3) is 10.9 Å². The summed E-state index contributed by atoms with van der Waals surface area (Å²) in [6.45, 7) is -0.0857. The minimum atomic E-state index is -4.19. The molecule has 1 aliphatic rings. The summed E-state index contributed by atoms with van der Waals surface area (Å²) in [7, 11) is -8.07. The second kappa shape index (κ2) is 11.0. The molecule has 0 radical (unpaired) electrons. The minimum absolute atomic E-state index is 0.00703. The Morgan fingerprint density at radius 1 is 0.886 bits per heavy atom. The summed E-state index contributed by atoms with van der Waals surface area (Å²) in [6, 6.07) is 21.1. The van der Waals surface area contributed by atoms with Gasteiger partial charge in [0, 0.05) is 11.1 Å². The number of sulfonamides is 1. The van der Waals surface area contributed by atoms with Gasteiger partial charge in [-0.3, -0.25) is 14.5 Å². The van der Waals surface area contributed by atoms with Crippen LogP contribution in [0, 0.1) is 11.6 Å². The van der Waals surface area contributed by atoms with E-state index in [-0.39, 0.29) is 45.2 Å². The Morgan fingerprint density at radius 2 is 1.59 bits per heavy atom. The fourth-order valence-electron chi connectivity index (χ4n) is 5.09. The van der Waals surface area contributed by atoms with Crippen molar-refractivity contribution in [3.8, 4) is 5.75 Å². The van der Waals surface area contributed by atoms with E-state index in [2.05, 4.69) is 9.71 Å². The number of nitrogens with zero attached hydrogens (tertiary/aromatic N) is 2. The molecule has 9 nitrogen and oxygen atoms in total. The number of aromatic hydroxyl groups is 1. The topological polar surface area (TPSA) is 135 Å².